The molecule has 0 atom stereocenters. The lowest BCUT2D eigenvalue weighted by Crippen LogP contribution is -2.40. The molecular weight excluding hydrogens is 474 g/mol. The van der Waals surface area contributed by atoms with Gasteiger partial charge in [0.25, 0.3) is 0 Å². The van der Waals surface area contributed by atoms with Crippen LogP contribution in [0.5, 0.6) is 0 Å². The predicted molar refractivity (Wildman–Crippen MR) is 116 cm³/mol. The third-order valence-electron chi connectivity index (χ3n) is 4.78. The van der Waals surface area contributed by atoms with Gasteiger partial charge >= 0.3 is 5.97 Å². The summed E-state index contributed by atoms with van der Waals surface area (Å²) in [5, 5.41) is 12.9. The minimum absolute atomic E-state index is 0.0531. The van der Waals surface area contributed by atoms with Crippen molar-refractivity contribution in [1.82, 2.24) is 9.29 Å². The van der Waals surface area contributed by atoms with E-state index in [2.05, 4.69) is 26.2 Å². The first kappa shape index (κ1) is 20.7. The highest BCUT2D eigenvalue weighted by Crippen LogP contribution is 2.35. The second kappa shape index (κ2) is 8.31. The number of morpholine rings is 1. The number of ether oxygens (including phenoxy) is 1. The van der Waals surface area contributed by atoms with E-state index in [4.69, 9.17) is 9.84 Å². The maximum atomic E-state index is 13.4. The summed E-state index contributed by atoms with van der Waals surface area (Å²) in [6.07, 6.45) is 1.36. The number of hydrogen-bond acceptors (Lipinski definition) is 6. The van der Waals surface area contributed by atoms with Crippen molar-refractivity contribution in [1.29, 1.82) is 0 Å². The molecule has 0 radical (unpaired) electrons. The molecule has 3 aromatic rings. The van der Waals surface area contributed by atoms with Crippen LogP contribution in [0.4, 0.5) is 11.4 Å². The monoisotopic (exact) mass is 491 g/mol. The third-order valence-corrected chi connectivity index (χ3v) is 7.19. The fourth-order valence-electron chi connectivity index (χ4n) is 3.24. The third kappa shape index (κ3) is 4.04. The Morgan fingerprint density at radius 2 is 1.83 bits per heavy atom. The fourth-order valence-corrected chi connectivity index (χ4v) is 5.11. The molecule has 2 N–H and O–H groups in total. The number of anilines is 2. The molecule has 0 unspecified atom stereocenters. The highest BCUT2D eigenvalue weighted by Gasteiger charge is 2.30. The second-order valence-corrected chi connectivity index (χ2v) is 9.50. The van der Waals surface area contributed by atoms with E-state index < -0.39 is 16.0 Å². The molecule has 156 valence electrons. The number of carboxylic acid groups (broad SMARTS) is 1. The van der Waals surface area contributed by atoms with Gasteiger partial charge in [0, 0.05) is 34.8 Å². The number of carboxylic acids is 1. The van der Waals surface area contributed by atoms with Crippen LogP contribution < -0.4 is 5.32 Å². The summed E-state index contributed by atoms with van der Waals surface area (Å²) in [5.41, 5.74) is 1.72. The van der Waals surface area contributed by atoms with Crippen molar-refractivity contribution >= 4 is 54.2 Å². The van der Waals surface area contributed by atoms with Crippen LogP contribution in [0.2, 0.25) is 0 Å². The Kier molecular flexibility index (Phi) is 5.74. The number of nitrogens with zero attached hydrogens (tertiary/aromatic N) is 2. The standard InChI is InChI=1S/C20H18BrN3O5S/c21-14-3-6-17-16(11-14)19(23-15-4-1-13(2-5-15)20(25)26)18(12-22-17)30(27,28)24-7-9-29-10-8-24/h1-6,11-12H,7-10H2,(H,22,23)(H,25,26). The largest absolute Gasteiger partial charge is 0.478 e. The zero-order valence-electron chi connectivity index (χ0n) is 15.7. The number of aromatic nitrogens is 1. The molecule has 2 aromatic carbocycles. The van der Waals surface area contributed by atoms with Crippen LogP contribution in [0.3, 0.4) is 0 Å². The van der Waals surface area contributed by atoms with Gasteiger partial charge < -0.3 is 15.2 Å². The van der Waals surface area contributed by atoms with Crippen LogP contribution in [-0.2, 0) is 14.8 Å². The highest BCUT2D eigenvalue weighted by molar-refractivity contribution is 9.10. The van der Waals surface area contributed by atoms with Gasteiger partial charge in [-0.15, -0.1) is 0 Å². The summed E-state index contributed by atoms with van der Waals surface area (Å²) in [4.78, 5) is 15.5. The number of halogens is 1. The van der Waals surface area contributed by atoms with Crippen molar-refractivity contribution in [2.75, 3.05) is 31.6 Å². The molecule has 1 aromatic heterocycles. The molecular formula is C20H18BrN3O5S. The maximum Gasteiger partial charge on any atom is 0.335 e. The van der Waals surface area contributed by atoms with Crippen molar-refractivity contribution in [3.8, 4) is 0 Å². The van der Waals surface area contributed by atoms with E-state index in [0.717, 1.165) is 4.47 Å². The first-order chi connectivity index (χ1) is 14.4. The number of benzene rings is 2. The maximum absolute atomic E-state index is 13.4. The zero-order chi connectivity index (χ0) is 21.3. The SMILES string of the molecule is O=C(O)c1ccc(Nc2c(S(=O)(=O)N3CCOCC3)cnc3ccc(Br)cc23)cc1. The fraction of sp³-hybridized carbons (Fsp3) is 0.200. The van der Waals surface area contributed by atoms with Crippen LogP contribution in [0.15, 0.2) is 58.0 Å². The lowest BCUT2D eigenvalue weighted by molar-refractivity contribution is 0.0697. The van der Waals surface area contributed by atoms with E-state index in [1.165, 1.54) is 22.6 Å². The Bertz CT molecular complexity index is 1210. The molecule has 10 heteroatoms. The first-order valence-electron chi connectivity index (χ1n) is 9.13. The molecule has 1 saturated heterocycles. The van der Waals surface area contributed by atoms with Gasteiger partial charge in [-0.3, -0.25) is 4.98 Å². The summed E-state index contributed by atoms with van der Waals surface area (Å²) < 4.78 is 34.2. The molecule has 1 fully saturated rings. The Labute approximate surface area is 181 Å². The van der Waals surface area contributed by atoms with Gasteiger partial charge in [0.15, 0.2) is 0 Å². The molecule has 0 saturated carbocycles. The lowest BCUT2D eigenvalue weighted by Gasteiger charge is -2.27. The Hall–Kier alpha value is -2.53. The highest BCUT2D eigenvalue weighted by atomic mass is 79.9. The van der Waals surface area contributed by atoms with Crippen molar-refractivity contribution in [3.05, 3.63) is 58.7 Å². The number of aromatic carboxylic acids is 1. The van der Waals surface area contributed by atoms with Crippen LogP contribution in [0.1, 0.15) is 10.4 Å². The van der Waals surface area contributed by atoms with E-state index in [9.17, 15) is 13.2 Å². The summed E-state index contributed by atoms with van der Waals surface area (Å²) in [7, 11) is -3.82. The van der Waals surface area contributed by atoms with Gasteiger partial charge in [-0.25, -0.2) is 13.2 Å². The molecule has 0 aliphatic carbocycles. The average molecular weight is 492 g/mol. The number of pyridine rings is 1. The number of rotatable bonds is 5. The van der Waals surface area contributed by atoms with Crippen molar-refractivity contribution in [2.24, 2.45) is 0 Å². The number of hydrogen-bond donors (Lipinski definition) is 2. The summed E-state index contributed by atoms with van der Waals surface area (Å²) in [5.74, 6) is -1.03. The number of sulfonamides is 1. The molecule has 1 aliphatic rings. The quantitative estimate of drug-likeness (QED) is 0.562. The minimum atomic E-state index is -3.82. The molecule has 0 spiro atoms. The number of fused-ring (bicyclic) bond motifs is 1. The van der Waals surface area contributed by atoms with Gasteiger partial charge in [-0.05, 0) is 42.5 Å². The van der Waals surface area contributed by atoms with E-state index in [1.54, 1.807) is 24.3 Å². The van der Waals surface area contributed by atoms with Crippen LogP contribution in [0.25, 0.3) is 10.9 Å². The van der Waals surface area contributed by atoms with Crippen molar-refractivity contribution < 1.29 is 23.1 Å². The molecule has 0 amide bonds. The van der Waals surface area contributed by atoms with E-state index in [0.29, 0.717) is 35.5 Å². The van der Waals surface area contributed by atoms with Crippen molar-refractivity contribution in [2.45, 2.75) is 4.90 Å². The molecule has 4 rings (SSSR count). The van der Waals surface area contributed by atoms with E-state index in [1.807, 2.05) is 6.07 Å². The molecule has 8 nitrogen and oxygen atoms in total. The van der Waals surface area contributed by atoms with Gasteiger partial charge in [-0.1, -0.05) is 15.9 Å². The topological polar surface area (TPSA) is 109 Å². The van der Waals surface area contributed by atoms with Crippen LogP contribution in [0, 0.1) is 0 Å². The molecule has 0 bridgehead atoms. The minimum Gasteiger partial charge on any atom is -0.478 e. The number of carbonyl (C=O) groups is 1. The summed E-state index contributed by atoms with van der Waals surface area (Å²) in [6, 6.07) is 11.5. The average Bonchev–Trinajstić information content (AvgIpc) is 2.75. The Morgan fingerprint density at radius 1 is 1.13 bits per heavy atom. The van der Waals surface area contributed by atoms with Gasteiger partial charge in [0.2, 0.25) is 10.0 Å². The predicted octanol–water partition coefficient (Wildman–Crippen LogP) is 3.46. The Morgan fingerprint density at radius 3 is 2.50 bits per heavy atom. The molecule has 1 aliphatic heterocycles. The van der Waals surface area contributed by atoms with E-state index in [-0.39, 0.29) is 23.5 Å². The second-order valence-electron chi connectivity index (χ2n) is 6.68. The van der Waals surface area contributed by atoms with Crippen LogP contribution >= 0.6 is 15.9 Å². The molecule has 30 heavy (non-hydrogen) atoms. The number of nitrogens with one attached hydrogen (secondary N) is 1. The van der Waals surface area contributed by atoms with Gasteiger partial charge in [0.05, 0.1) is 30.0 Å². The molecule has 2 heterocycles. The zero-order valence-corrected chi connectivity index (χ0v) is 18.1. The lowest BCUT2D eigenvalue weighted by atomic mass is 10.1. The Balaban J connectivity index is 1.85. The normalized spacial score (nSPS) is 15.2. The summed E-state index contributed by atoms with van der Waals surface area (Å²) in [6.45, 7) is 1.22. The summed E-state index contributed by atoms with van der Waals surface area (Å²) >= 11 is 3.43. The smallest absolute Gasteiger partial charge is 0.335 e. The van der Waals surface area contributed by atoms with Gasteiger partial charge in [-0.2, -0.15) is 4.31 Å². The van der Waals surface area contributed by atoms with Gasteiger partial charge in [0.1, 0.15) is 4.90 Å². The van der Waals surface area contributed by atoms with Crippen LogP contribution in [-0.4, -0.2) is 55.1 Å². The van der Waals surface area contributed by atoms with E-state index >= 15 is 0 Å². The van der Waals surface area contributed by atoms with Crippen molar-refractivity contribution in [3.63, 3.8) is 0 Å². The first-order valence-corrected chi connectivity index (χ1v) is 11.4.